The van der Waals surface area contributed by atoms with E-state index in [-0.39, 0.29) is 21.2 Å². The van der Waals surface area contributed by atoms with Crippen LogP contribution in [0, 0.1) is 17.1 Å². The summed E-state index contributed by atoms with van der Waals surface area (Å²) in [7, 11) is -4.01. The van der Waals surface area contributed by atoms with Gasteiger partial charge in [0.05, 0.1) is 21.2 Å². The standard InChI is InChI=1S/C13H7Cl2FN2O2S/c14-9-1-3-11(15)13(6-9)18-21(19,20)10-2-4-12(16)8(5-10)7-17/h1-6,18H. The van der Waals surface area contributed by atoms with E-state index in [1.807, 2.05) is 0 Å². The predicted octanol–water partition coefficient (Wildman–Crippen LogP) is 3.80. The molecule has 0 aromatic heterocycles. The Kier molecular flexibility index (Phi) is 4.37. The van der Waals surface area contributed by atoms with E-state index in [1.165, 1.54) is 18.2 Å². The lowest BCUT2D eigenvalue weighted by molar-refractivity contribution is 0.599. The maximum atomic E-state index is 13.2. The number of nitrogens with one attached hydrogen (secondary N) is 1. The van der Waals surface area contributed by atoms with Crippen molar-refractivity contribution in [3.63, 3.8) is 0 Å². The quantitative estimate of drug-likeness (QED) is 0.920. The fourth-order valence-electron chi connectivity index (χ4n) is 1.54. The van der Waals surface area contributed by atoms with Crippen LogP contribution >= 0.6 is 23.2 Å². The van der Waals surface area contributed by atoms with Crippen molar-refractivity contribution in [1.29, 1.82) is 5.26 Å². The number of nitriles is 1. The molecule has 4 nitrogen and oxygen atoms in total. The Morgan fingerprint density at radius 3 is 2.52 bits per heavy atom. The molecule has 0 unspecified atom stereocenters. The summed E-state index contributed by atoms with van der Waals surface area (Å²) in [6.07, 6.45) is 0. The summed E-state index contributed by atoms with van der Waals surface area (Å²) in [6, 6.07) is 8.77. The average molecular weight is 345 g/mol. The largest absolute Gasteiger partial charge is 0.278 e. The Bertz CT molecular complexity index is 848. The van der Waals surface area contributed by atoms with Crippen LogP contribution in [0.25, 0.3) is 0 Å². The van der Waals surface area contributed by atoms with E-state index < -0.39 is 15.8 Å². The monoisotopic (exact) mass is 344 g/mol. The number of sulfonamides is 1. The van der Waals surface area contributed by atoms with Crippen molar-refractivity contribution in [1.82, 2.24) is 0 Å². The first kappa shape index (κ1) is 15.6. The first-order valence-electron chi connectivity index (χ1n) is 5.51. The maximum absolute atomic E-state index is 13.2. The first-order chi connectivity index (χ1) is 9.83. The average Bonchev–Trinajstić information content (AvgIpc) is 2.43. The third-order valence-corrected chi connectivity index (χ3v) is 4.47. The minimum absolute atomic E-state index is 0.0898. The molecule has 108 valence electrons. The van der Waals surface area contributed by atoms with Gasteiger partial charge in [0.2, 0.25) is 0 Å². The Morgan fingerprint density at radius 2 is 1.86 bits per heavy atom. The van der Waals surface area contributed by atoms with Crippen LogP contribution in [-0.4, -0.2) is 8.42 Å². The van der Waals surface area contributed by atoms with Crippen LogP contribution < -0.4 is 4.72 Å². The smallest absolute Gasteiger partial charge is 0.261 e. The van der Waals surface area contributed by atoms with Crippen molar-refractivity contribution < 1.29 is 12.8 Å². The zero-order valence-corrected chi connectivity index (χ0v) is 12.6. The Morgan fingerprint density at radius 1 is 1.14 bits per heavy atom. The van der Waals surface area contributed by atoms with E-state index in [9.17, 15) is 12.8 Å². The van der Waals surface area contributed by atoms with Crippen LogP contribution in [0.4, 0.5) is 10.1 Å². The maximum Gasteiger partial charge on any atom is 0.261 e. The summed E-state index contributed by atoms with van der Waals surface area (Å²) in [5.41, 5.74) is -0.276. The summed E-state index contributed by atoms with van der Waals surface area (Å²) >= 11 is 11.6. The van der Waals surface area contributed by atoms with Crippen molar-refractivity contribution in [3.05, 3.63) is 57.8 Å². The topological polar surface area (TPSA) is 70.0 Å². The molecule has 0 aliphatic rings. The number of hydrogen-bond acceptors (Lipinski definition) is 3. The number of anilines is 1. The van der Waals surface area contributed by atoms with Gasteiger partial charge in [-0.3, -0.25) is 4.72 Å². The normalized spacial score (nSPS) is 11.0. The van der Waals surface area contributed by atoms with Gasteiger partial charge in [0.25, 0.3) is 10.0 Å². The summed E-state index contributed by atoms with van der Waals surface area (Å²) in [6.45, 7) is 0. The fourth-order valence-corrected chi connectivity index (χ4v) is 3.03. The van der Waals surface area contributed by atoms with Gasteiger partial charge >= 0.3 is 0 Å². The number of benzene rings is 2. The highest BCUT2D eigenvalue weighted by Gasteiger charge is 2.18. The molecular weight excluding hydrogens is 338 g/mol. The molecule has 0 radical (unpaired) electrons. The lowest BCUT2D eigenvalue weighted by Crippen LogP contribution is -2.13. The Labute approximate surface area is 130 Å². The summed E-state index contributed by atoms with van der Waals surface area (Å²) in [4.78, 5) is -0.253. The van der Waals surface area contributed by atoms with E-state index in [0.717, 1.165) is 18.2 Å². The molecule has 0 spiro atoms. The zero-order chi connectivity index (χ0) is 15.6. The molecule has 0 amide bonds. The van der Waals surface area contributed by atoms with Crippen molar-refractivity contribution in [2.24, 2.45) is 0 Å². The van der Waals surface area contributed by atoms with Gasteiger partial charge in [0, 0.05) is 5.02 Å². The van der Waals surface area contributed by atoms with Crippen LogP contribution in [0.2, 0.25) is 10.0 Å². The zero-order valence-electron chi connectivity index (χ0n) is 10.3. The molecule has 0 saturated heterocycles. The third-order valence-electron chi connectivity index (χ3n) is 2.54. The van der Waals surface area contributed by atoms with Gasteiger partial charge in [-0.2, -0.15) is 5.26 Å². The first-order valence-corrected chi connectivity index (χ1v) is 7.75. The lowest BCUT2D eigenvalue weighted by Gasteiger charge is -2.10. The molecule has 0 heterocycles. The van der Waals surface area contributed by atoms with Gasteiger partial charge in [-0.05, 0) is 36.4 Å². The van der Waals surface area contributed by atoms with E-state index >= 15 is 0 Å². The highest BCUT2D eigenvalue weighted by Crippen LogP contribution is 2.28. The van der Waals surface area contributed by atoms with E-state index in [1.54, 1.807) is 6.07 Å². The Balaban J connectivity index is 2.44. The van der Waals surface area contributed by atoms with Crippen LogP contribution in [0.15, 0.2) is 41.3 Å². The number of hydrogen-bond donors (Lipinski definition) is 1. The van der Waals surface area contributed by atoms with Crippen LogP contribution in [0.1, 0.15) is 5.56 Å². The van der Waals surface area contributed by atoms with Gasteiger partial charge in [-0.1, -0.05) is 23.2 Å². The molecule has 0 bridgehead atoms. The predicted molar refractivity (Wildman–Crippen MR) is 78.4 cm³/mol. The van der Waals surface area contributed by atoms with Gasteiger partial charge < -0.3 is 0 Å². The Hall–Kier alpha value is -1.81. The van der Waals surface area contributed by atoms with Crippen LogP contribution in [-0.2, 0) is 10.0 Å². The molecule has 21 heavy (non-hydrogen) atoms. The molecule has 8 heteroatoms. The van der Waals surface area contributed by atoms with Crippen molar-refractivity contribution in [2.75, 3.05) is 4.72 Å². The second-order valence-electron chi connectivity index (χ2n) is 3.98. The highest BCUT2D eigenvalue weighted by molar-refractivity contribution is 7.92. The number of rotatable bonds is 3. The van der Waals surface area contributed by atoms with Gasteiger partial charge in [0.1, 0.15) is 11.9 Å². The van der Waals surface area contributed by atoms with Crippen LogP contribution in [0.3, 0.4) is 0 Å². The summed E-state index contributed by atoms with van der Waals surface area (Å²) < 4.78 is 39.9. The second kappa shape index (κ2) is 5.90. The molecule has 2 aromatic carbocycles. The minimum atomic E-state index is -4.01. The molecular formula is C13H7Cl2FN2O2S. The lowest BCUT2D eigenvalue weighted by atomic mass is 10.2. The van der Waals surface area contributed by atoms with E-state index in [4.69, 9.17) is 28.5 Å². The van der Waals surface area contributed by atoms with E-state index in [0.29, 0.717) is 5.02 Å². The van der Waals surface area contributed by atoms with Crippen molar-refractivity contribution in [2.45, 2.75) is 4.90 Å². The van der Waals surface area contributed by atoms with Gasteiger partial charge in [-0.15, -0.1) is 0 Å². The SMILES string of the molecule is N#Cc1cc(S(=O)(=O)Nc2cc(Cl)ccc2Cl)ccc1F. The summed E-state index contributed by atoms with van der Waals surface area (Å²) in [5, 5.41) is 9.19. The highest BCUT2D eigenvalue weighted by atomic mass is 35.5. The number of halogens is 3. The van der Waals surface area contributed by atoms with Crippen molar-refractivity contribution >= 4 is 38.9 Å². The molecule has 0 aliphatic carbocycles. The summed E-state index contributed by atoms with van der Waals surface area (Å²) in [5.74, 6) is -0.794. The molecule has 0 aliphatic heterocycles. The molecule has 1 N–H and O–H groups in total. The fraction of sp³-hybridized carbons (Fsp3) is 0. The van der Waals surface area contributed by atoms with Crippen LogP contribution in [0.5, 0.6) is 0 Å². The second-order valence-corrected chi connectivity index (χ2v) is 6.51. The minimum Gasteiger partial charge on any atom is -0.278 e. The van der Waals surface area contributed by atoms with Crippen molar-refractivity contribution in [3.8, 4) is 6.07 Å². The number of nitrogens with zero attached hydrogens (tertiary/aromatic N) is 1. The van der Waals surface area contributed by atoms with Gasteiger partial charge in [0.15, 0.2) is 0 Å². The molecule has 0 fully saturated rings. The third kappa shape index (κ3) is 3.45. The molecule has 0 atom stereocenters. The molecule has 2 aromatic rings. The molecule has 0 saturated carbocycles. The van der Waals surface area contributed by atoms with E-state index in [2.05, 4.69) is 4.72 Å². The molecule has 2 rings (SSSR count). The van der Waals surface area contributed by atoms with Gasteiger partial charge in [-0.25, -0.2) is 12.8 Å².